The lowest BCUT2D eigenvalue weighted by atomic mass is 10.2. The van der Waals surface area contributed by atoms with Crippen LogP contribution in [0.1, 0.15) is 29.6 Å². The van der Waals surface area contributed by atoms with Crippen LogP contribution in [0.5, 0.6) is 0 Å². The summed E-state index contributed by atoms with van der Waals surface area (Å²) in [6.07, 6.45) is 2.79. The molecule has 1 amide bonds. The Bertz CT molecular complexity index is 1290. The Hall–Kier alpha value is -2.04. The lowest BCUT2D eigenvalue weighted by Crippen LogP contribution is -2.35. The van der Waals surface area contributed by atoms with Gasteiger partial charge in [-0.2, -0.15) is 9.30 Å². The van der Waals surface area contributed by atoms with Crippen molar-refractivity contribution >= 4 is 49.1 Å². The second-order valence-electron chi connectivity index (χ2n) is 7.52. The maximum Gasteiger partial charge on any atom is 0.279 e. The zero-order valence-corrected chi connectivity index (χ0v) is 20.0. The molecule has 7 nitrogen and oxygen atoms in total. The van der Waals surface area contributed by atoms with Gasteiger partial charge in [-0.1, -0.05) is 35.4 Å². The molecule has 1 aliphatic heterocycles. The van der Waals surface area contributed by atoms with Gasteiger partial charge < -0.3 is 9.30 Å². The van der Waals surface area contributed by atoms with Crippen molar-refractivity contribution in [3.8, 4) is 0 Å². The fraction of sp³-hybridized carbons (Fsp3) is 0.364. The van der Waals surface area contributed by atoms with Gasteiger partial charge in [0.15, 0.2) is 4.80 Å². The summed E-state index contributed by atoms with van der Waals surface area (Å²) >= 11 is 7.76. The minimum Gasteiger partial charge on any atom is -0.383 e. The van der Waals surface area contributed by atoms with Crippen LogP contribution in [-0.4, -0.2) is 50.0 Å². The zero-order chi connectivity index (χ0) is 22.7. The average molecular weight is 494 g/mol. The van der Waals surface area contributed by atoms with Gasteiger partial charge >= 0.3 is 0 Å². The second-order valence-corrected chi connectivity index (χ2v) is 10.9. The number of ether oxygens (including phenoxy) is 1. The number of carbonyl (C=O) groups excluding carboxylic acids is 1. The molecule has 0 atom stereocenters. The molecule has 1 fully saturated rings. The predicted octanol–water partition coefficient (Wildman–Crippen LogP) is 3.92. The third kappa shape index (κ3) is 4.67. The number of fused-ring (bicyclic) bond motifs is 1. The number of nitrogens with zero attached hydrogens (tertiary/aromatic N) is 3. The molecule has 1 aromatic heterocycles. The molecule has 0 radical (unpaired) electrons. The first-order valence-corrected chi connectivity index (χ1v) is 13.0. The monoisotopic (exact) mass is 493 g/mol. The van der Waals surface area contributed by atoms with E-state index in [4.69, 9.17) is 16.3 Å². The number of piperidine rings is 1. The molecule has 4 rings (SSSR count). The number of hydrogen-bond acceptors (Lipinski definition) is 5. The number of rotatable bonds is 6. The van der Waals surface area contributed by atoms with Gasteiger partial charge in [0.1, 0.15) is 0 Å². The molecular formula is C22H24ClN3O4S2. The normalized spacial score (nSPS) is 16.0. The Kier molecular flexibility index (Phi) is 7.11. The van der Waals surface area contributed by atoms with Gasteiger partial charge in [0.25, 0.3) is 5.91 Å². The lowest BCUT2D eigenvalue weighted by Gasteiger charge is -2.25. The zero-order valence-electron chi connectivity index (χ0n) is 17.7. The van der Waals surface area contributed by atoms with Crippen LogP contribution in [0.15, 0.2) is 52.4 Å². The summed E-state index contributed by atoms with van der Waals surface area (Å²) in [6, 6.07) is 11.6. The Morgan fingerprint density at radius 2 is 1.84 bits per heavy atom. The number of sulfonamides is 1. The number of halogens is 1. The Labute approximate surface area is 196 Å². The van der Waals surface area contributed by atoms with E-state index in [0.717, 1.165) is 29.5 Å². The van der Waals surface area contributed by atoms with Crippen molar-refractivity contribution in [3.63, 3.8) is 0 Å². The second kappa shape index (κ2) is 9.84. The van der Waals surface area contributed by atoms with Crippen molar-refractivity contribution in [2.24, 2.45) is 4.99 Å². The first kappa shape index (κ1) is 23.1. The molecular weight excluding hydrogens is 470 g/mol. The summed E-state index contributed by atoms with van der Waals surface area (Å²) in [4.78, 5) is 17.9. The third-order valence-electron chi connectivity index (χ3n) is 5.42. The fourth-order valence-corrected chi connectivity index (χ4v) is 6.67. The van der Waals surface area contributed by atoms with Crippen LogP contribution < -0.4 is 4.80 Å². The van der Waals surface area contributed by atoms with Gasteiger partial charge in [0.05, 0.1) is 26.7 Å². The molecule has 0 N–H and O–H groups in total. The van der Waals surface area contributed by atoms with E-state index in [1.165, 1.54) is 39.9 Å². The lowest BCUT2D eigenvalue weighted by molar-refractivity contribution is 0.0997. The van der Waals surface area contributed by atoms with Crippen LogP contribution in [0.25, 0.3) is 10.2 Å². The molecule has 170 valence electrons. The van der Waals surface area contributed by atoms with Crippen molar-refractivity contribution in [1.29, 1.82) is 0 Å². The molecule has 2 aromatic carbocycles. The number of thiazole rings is 1. The highest BCUT2D eigenvalue weighted by Gasteiger charge is 2.26. The van der Waals surface area contributed by atoms with E-state index in [9.17, 15) is 13.2 Å². The van der Waals surface area contributed by atoms with E-state index in [0.29, 0.717) is 41.6 Å². The molecule has 1 saturated heterocycles. The fourth-order valence-electron chi connectivity index (χ4n) is 3.74. The highest BCUT2D eigenvalue weighted by molar-refractivity contribution is 7.89. The summed E-state index contributed by atoms with van der Waals surface area (Å²) in [5, 5.41) is 0.580. The summed E-state index contributed by atoms with van der Waals surface area (Å²) in [7, 11) is -1.93. The molecule has 1 aliphatic rings. The van der Waals surface area contributed by atoms with E-state index >= 15 is 0 Å². The summed E-state index contributed by atoms with van der Waals surface area (Å²) in [5.74, 6) is -0.444. The van der Waals surface area contributed by atoms with Crippen molar-refractivity contribution < 1.29 is 17.9 Å². The third-order valence-corrected chi connectivity index (χ3v) is 8.68. The van der Waals surface area contributed by atoms with Crippen LogP contribution in [0.3, 0.4) is 0 Å². The van der Waals surface area contributed by atoms with E-state index in [1.807, 2.05) is 16.7 Å². The molecule has 10 heteroatoms. The molecule has 0 saturated carbocycles. The Balaban J connectivity index is 1.65. The highest BCUT2D eigenvalue weighted by atomic mass is 35.5. The number of benzene rings is 2. The van der Waals surface area contributed by atoms with Gasteiger partial charge in [0, 0.05) is 32.3 Å². The first-order chi connectivity index (χ1) is 15.4. The largest absolute Gasteiger partial charge is 0.383 e. The molecule has 0 spiro atoms. The van der Waals surface area contributed by atoms with Crippen LogP contribution >= 0.6 is 22.9 Å². The summed E-state index contributed by atoms with van der Waals surface area (Å²) in [6.45, 7) is 2.02. The van der Waals surface area contributed by atoms with Crippen molar-refractivity contribution in [3.05, 3.63) is 57.9 Å². The average Bonchev–Trinajstić information content (AvgIpc) is 3.16. The summed E-state index contributed by atoms with van der Waals surface area (Å²) < 4.78 is 35.2. The quantitative estimate of drug-likeness (QED) is 0.521. The molecule has 32 heavy (non-hydrogen) atoms. The van der Waals surface area contributed by atoms with Gasteiger partial charge in [-0.25, -0.2) is 8.42 Å². The van der Waals surface area contributed by atoms with E-state index in [2.05, 4.69) is 4.99 Å². The Morgan fingerprint density at radius 3 is 2.53 bits per heavy atom. The van der Waals surface area contributed by atoms with Crippen LogP contribution in [0.2, 0.25) is 5.02 Å². The smallest absolute Gasteiger partial charge is 0.279 e. The van der Waals surface area contributed by atoms with Crippen molar-refractivity contribution in [2.45, 2.75) is 30.7 Å². The molecule has 0 bridgehead atoms. The van der Waals surface area contributed by atoms with Crippen LogP contribution in [0, 0.1) is 0 Å². The van der Waals surface area contributed by atoms with Crippen LogP contribution in [-0.2, 0) is 21.3 Å². The highest BCUT2D eigenvalue weighted by Crippen LogP contribution is 2.25. The SMILES string of the molecule is COCCn1c(=NC(=O)c2ccc(S(=O)(=O)N3CCCCC3)cc2)sc2cccc(Cl)c21. The minimum atomic E-state index is -3.54. The van der Waals surface area contributed by atoms with Crippen LogP contribution in [0.4, 0.5) is 0 Å². The molecule has 0 unspecified atom stereocenters. The molecule has 3 aromatic rings. The van der Waals surface area contributed by atoms with E-state index < -0.39 is 15.9 Å². The number of amides is 1. The number of methoxy groups -OCH3 is 1. The minimum absolute atomic E-state index is 0.194. The standard InChI is InChI=1S/C22H24ClN3O4S2/c1-30-15-14-26-20-18(23)6-5-7-19(20)31-22(26)24-21(27)16-8-10-17(11-9-16)32(28,29)25-12-3-2-4-13-25/h5-11H,2-4,12-15H2,1H3. The van der Waals surface area contributed by atoms with Crippen molar-refractivity contribution in [1.82, 2.24) is 8.87 Å². The number of para-hydroxylation sites is 1. The van der Waals surface area contributed by atoms with Gasteiger partial charge in [-0.05, 0) is 49.2 Å². The van der Waals surface area contributed by atoms with Crippen molar-refractivity contribution in [2.75, 3.05) is 26.8 Å². The molecule has 2 heterocycles. The summed E-state index contributed by atoms with van der Waals surface area (Å²) in [5.41, 5.74) is 1.13. The predicted molar refractivity (Wildman–Crippen MR) is 126 cm³/mol. The van der Waals surface area contributed by atoms with E-state index in [-0.39, 0.29) is 4.90 Å². The number of aromatic nitrogens is 1. The van der Waals surface area contributed by atoms with Gasteiger partial charge in [0.2, 0.25) is 10.0 Å². The van der Waals surface area contributed by atoms with Gasteiger partial charge in [-0.15, -0.1) is 0 Å². The number of carbonyl (C=O) groups is 1. The Morgan fingerprint density at radius 1 is 1.12 bits per heavy atom. The molecule has 0 aliphatic carbocycles. The number of hydrogen-bond donors (Lipinski definition) is 0. The van der Waals surface area contributed by atoms with E-state index in [1.54, 1.807) is 13.2 Å². The van der Waals surface area contributed by atoms with Gasteiger partial charge in [-0.3, -0.25) is 4.79 Å². The maximum atomic E-state index is 12.9. The topological polar surface area (TPSA) is 81.0 Å². The first-order valence-electron chi connectivity index (χ1n) is 10.4. The maximum absolute atomic E-state index is 12.9.